The second-order valence-corrected chi connectivity index (χ2v) is 3.01. The molecule has 3 N–H and O–H groups in total. The molecule has 5 heteroatoms. The first-order chi connectivity index (χ1) is 4.68. The maximum absolute atomic E-state index is 5.30. The van der Waals surface area contributed by atoms with E-state index in [2.05, 4.69) is 14.7 Å². The Labute approximate surface area is 63.6 Å². The van der Waals surface area contributed by atoms with Crippen molar-refractivity contribution >= 4 is 22.6 Å². The Morgan fingerprint density at radius 1 is 1.60 bits per heavy atom. The van der Waals surface area contributed by atoms with E-state index < -0.39 is 0 Å². The van der Waals surface area contributed by atoms with Crippen molar-refractivity contribution < 1.29 is 0 Å². The SMILES string of the molecule is CC(C)Nc1nc(N)ns1. The molecule has 0 fully saturated rings. The third kappa shape index (κ3) is 1.84. The molecule has 0 aliphatic heterocycles. The fourth-order valence-corrected chi connectivity index (χ4v) is 1.18. The molecule has 0 amide bonds. The lowest BCUT2D eigenvalue weighted by Gasteiger charge is -2.02. The standard InChI is InChI=1S/C5H10N4S/c1-3(2)7-5-8-4(6)9-10-5/h3H,1-2H3,(H3,6,7,8,9). The van der Waals surface area contributed by atoms with Gasteiger partial charge < -0.3 is 11.1 Å². The van der Waals surface area contributed by atoms with Crippen molar-refractivity contribution in [3.05, 3.63) is 0 Å². The second kappa shape index (κ2) is 2.83. The van der Waals surface area contributed by atoms with Crippen molar-refractivity contribution in [2.45, 2.75) is 19.9 Å². The zero-order valence-corrected chi connectivity index (χ0v) is 6.77. The van der Waals surface area contributed by atoms with Gasteiger partial charge in [-0.25, -0.2) is 0 Å². The summed E-state index contributed by atoms with van der Waals surface area (Å²) in [6, 6.07) is 0.382. The molecule has 1 heterocycles. The van der Waals surface area contributed by atoms with Crippen LogP contribution in [0.1, 0.15) is 13.8 Å². The fraction of sp³-hybridized carbons (Fsp3) is 0.600. The van der Waals surface area contributed by atoms with Crippen LogP contribution in [0.5, 0.6) is 0 Å². The van der Waals surface area contributed by atoms with Crippen LogP contribution >= 0.6 is 11.5 Å². The maximum atomic E-state index is 5.30. The predicted octanol–water partition coefficient (Wildman–Crippen LogP) is 0.941. The average Bonchev–Trinajstić information content (AvgIpc) is 2.13. The van der Waals surface area contributed by atoms with Gasteiger partial charge in [0.15, 0.2) is 0 Å². The number of nitrogen functional groups attached to an aromatic ring is 1. The number of anilines is 2. The molecule has 0 radical (unpaired) electrons. The van der Waals surface area contributed by atoms with Gasteiger partial charge in [-0.3, -0.25) is 0 Å². The first-order valence-corrected chi connectivity index (χ1v) is 3.81. The largest absolute Gasteiger partial charge is 0.367 e. The van der Waals surface area contributed by atoms with Crippen LogP contribution in [0.25, 0.3) is 0 Å². The van der Waals surface area contributed by atoms with Gasteiger partial charge in [0.25, 0.3) is 0 Å². The topological polar surface area (TPSA) is 63.8 Å². The minimum Gasteiger partial charge on any atom is -0.367 e. The van der Waals surface area contributed by atoms with Gasteiger partial charge in [0.1, 0.15) is 0 Å². The van der Waals surface area contributed by atoms with Gasteiger partial charge in [0, 0.05) is 17.6 Å². The molecule has 0 spiro atoms. The molecule has 1 aromatic rings. The number of hydrogen-bond donors (Lipinski definition) is 2. The van der Waals surface area contributed by atoms with Crippen molar-refractivity contribution in [3.8, 4) is 0 Å². The quantitative estimate of drug-likeness (QED) is 0.672. The van der Waals surface area contributed by atoms with E-state index >= 15 is 0 Å². The van der Waals surface area contributed by atoms with Crippen LogP contribution in [0.2, 0.25) is 0 Å². The molecule has 0 saturated carbocycles. The van der Waals surface area contributed by atoms with Crippen LogP contribution in [0.4, 0.5) is 11.1 Å². The van der Waals surface area contributed by atoms with Crippen molar-refractivity contribution in [1.82, 2.24) is 9.36 Å². The zero-order valence-electron chi connectivity index (χ0n) is 5.96. The predicted molar refractivity (Wildman–Crippen MR) is 43.1 cm³/mol. The van der Waals surface area contributed by atoms with E-state index in [1.54, 1.807) is 0 Å². The first kappa shape index (κ1) is 7.27. The summed E-state index contributed by atoms with van der Waals surface area (Å²) in [4.78, 5) is 3.92. The molecule has 10 heavy (non-hydrogen) atoms. The van der Waals surface area contributed by atoms with Crippen LogP contribution in [-0.2, 0) is 0 Å². The Bertz CT molecular complexity index is 207. The van der Waals surface area contributed by atoms with E-state index in [4.69, 9.17) is 5.73 Å². The Hall–Kier alpha value is -0.840. The molecule has 0 bridgehead atoms. The van der Waals surface area contributed by atoms with Gasteiger partial charge in [-0.15, -0.1) is 0 Å². The lowest BCUT2D eigenvalue weighted by atomic mass is 10.4. The van der Waals surface area contributed by atoms with Crippen molar-refractivity contribution in [2.75, 3.05) is 11.1 Å². The van der Waals surface area contributed by atoms with Gasteiger partial charge in [-0.1, -0.05) is 0 Å². The third-order valence-electron chi connectivity index (χ3n) is 0.854. The zero-order chi connectivity index (χ0) is 7.56. The number of hydrogen-bond acceptors (Lipinski definition) is 5. The molecule has 0 atom stereocenters. The van der Waals surface area contributed by atoms with Crippen LogP contribution in [-0.4, -0.2) is 15.4 Å². The molecule has 4 nitrogen and oxygen atoms in total. The summed E-state index contributed by atoms with van der Waals surface area (Å²) in [6.07, 6.45) is 0. The molecule has 0 aliphatic carbocycles. The van der Waals surface area contributed by atoms with Gasteiger partial charge in [0.05, 0.1) is 0 Å². The van der Waals surface area contributed by atoms with Crippen LogP contribution in [0.3, 0.4) is 0 Å². The monoisotopic (exact) mass is 158 g/mol. The lowest BCUT2D eigenvalue weighted by molar-refractivity contribution is 0.897. The molecule has 56 valence electrons. The molecular formula is C5H10N4S. The number of rotatable bonds is 2. The second-order valence-electron chi connectivity index (χ2n) is 2.26. The van der Waals surface area contributed by atoms with Crippen LogP contribution in [0.15, 0.2) is 0 Å². The summed E-state index contributed by atoms with van der Waals surface area (Å²) >= 11 is 1.28. The number of nitrogens with two attached hydrogens (primary N) is 1. The molecule has 0 aromatic carbocycles. The number of nitrogens with one attached hydrogen (secondary N) is 1. The van der Waals surface area contributed by atoms with Crippen LogP contribution < -0.4 is 11.1 Å². The highest BCUT2D eigenvalue weighted by Crippen LogP contribution is 2.12. The normalized spacial score (nSPS) is 10.3. The highest BCUT2D eigenvalue weighted by molar-refractivity contribution is 7.09. The van der Waals surface area contributed by atoms with Gasteiger partial charge in [-0.2, -0.15) is 9.36 Å². The maximum Gasteiger partial charge on any atom is 0.233 e. The Balaban J connectivity index is 2.58. The summed E-state index contributed by atoms with van der Waals surface area (Å²) in [5.41, 5.74) is 5.30. The van der Waals surface area contributed by atoms with E-state index in [1.807, 2.05) is 13.8 Å². The first-order valence-electron chi connectivity index (χ1n) is 3.04. The Morgan fingerprint density at radius 3 is 2.70 bits per heavy atom. The third-order valence-corrected chi connectivity index (χ3v) is 1.51. The van der Waals surface area contributed by atoms with Crippen LogP contribution in [0, 0.1) is 0 Å². The summed E-state index contributed by atoms with van der Waals surface area (Å²) < 4.78 is 3.82. The summed E-state index contributed by atoms with van der Waals surface area (Å²) in [5, 5.41) is 3.88. The van der Waals surface area contributed by atoms with E-state index in [9.17, 15) is 0 Å². The average molecular weight is 158 g/mol. The summed E-state index contributed by atoms with van der Waals surface area (Å²) in [6.45, 7) is 4.08. The highest BCUT2D eigenvalue weighted by atomic mass is 32.1. The highest BCUT2D eigenvalue weighted by Gasteiger charge is 1.99. The molecular weight excluding hydrogens is 148 g/mol. The molecule has 0 unspecified atom stereocenters. The smallest absolute Gasteiger partial charge is 0.233 e. The van der Waals surface area contributed by atoms with Crippen molar-refractivity contribution in [1.29, 1.82) is 0 Å². The van der Waals surface area contributed by atoms with E-state index in [0.717, 1.165) is 5.13 Å². The molecule has 0 saturated heterocycles. The molecule has 0 aliphatic rings. The minimum atomic E-state index is 0.341. The van der Waals surface area contributed by atoms with Crippen molar-refractivity contribution in [3.63, 3.8) is 0 Å². The van der Waals surface area contributed by atoms with Crippen molar-refractivity contribution in [2.24, 2.45) is 0 Å². The van der Waals surface area contributed by atoms with Gasteiger partial charge >= 0.3 is 0 Å². The Morgan fingerprint density at radius 2 is 2.30 bits per heavy atom. The number of aromatic nitrogens is 2. The fourth-order valence-electron chi connectivity index (χ4n) is 0.540. The van der Waals surface area contributed by atoms with E-state index in [-0.39, 0.29) is 0 Å². The molecule has 1 rings (SSSR count). The minimum absolute atomic E-state index is 0.341. The van der Waals surface area contributed by atoms with E-state index in [0.29, 0.717) is 12.0 Å². The summed E-state index contributed by atoms with van der Waals surface area (Å²) in [7, 11) is 0. The van der Waals surface area contributed by atoms with E-state index in [1.165, 1.54) is 11.5 Å². The Kier molecular flexibility index (Phi) is 2.06. The summed E-state index contributed by atoms with van der Waals surface area (Å²) in [5.74, 6) is 0.341. The molecule has 1 aromatic heterocycles. The lowest BCUT2D eigenvalue weighted by Crippen LogP contribution is -2.09. The van der Waals surface area contributed by atoms with Gasteiger partial charge in [0.2, 0.25) is 11.1 Å². The van der Waals surface area contributed by atoms with Gasteiger partial charge in [-0.05, 0) is 13.8 Å². The number of nitrogens with zero attached hydrogens (tertiary/aromatic N) is 2.